The van der Waals surface area contributed by atoms with Crippen molar-refractivity contribution in [2.75, 3.05) is 7.05 Å². The summed E-state index contributed by atoms with van der Waals surface area (Å²) in [5, 5.41) is 6.80. The van der Waals surface area contributed by atoms with Gasteiger partial charge in [0.2, 0.25) is 0 Å². The number of rotatable bonds is 3. The number of guanidine groups is 1. The zero-order chi connectivity index (χ0) is 12.8. The lowest BCUT2D eigenvalue weighted by Crippen LogP contribution is -2.42. The molecule has 0 aromatic carbocycles. The largest absolute Gasteiger partial charge is 0.354 e. The topological polar surface area (TPSA) is 49.3 Å². The van der Waals surface area contributed by atoms with Crippen LogP contribution in [0.1, 0.15) is 36.9 Å². The van der Waals surface area contributed by atoms with Crippen LogP contribution in [0.2, 0.25) is 0 Å². The van der Waals surface area contributed by atoms with Gasteiger partial charge in [-0.2, -0.15) is 0 Å². The summed E-state index contributed by atoms with van der Waals surface area (Å²) in [7, 11) is 1.82. The number of hydrogen-bond acceptors (Lipinski definition) is 2. The predicted molar refractivity (Wildman–Crippen MR) is 74.6 cm³/mol. The Labute approximate surface area is 109 Å². The normalized spacial score (nSPS) is 16.9. The van der Waals surface area contributed by atoms with Crippen LogP contribution >= 0.6 is 0 Å². The first-order chi connectivity index (χ1) is 8.79. The summed E-state index contributed by atoms with van der Waals surface area (Å²) in [5.41, 5.74) is 2.29. The molecule has 0 atom stereocenters. The van der Waals surface area contributed by atoms with Crippen LogP contribution in [0, 0.1) is 6.92 Å². The van der Waals surface area contributed by atoms with Crippen molar-refractivity contribution in [3.05, 3.63) is 29.6 Å². The number of nitrogens with one attached hydrogen (secondary N) is 2. The zero-order valence-corrected chi connectivity index (χ0v) is 11.2. The van der Waals surface area contributed by atoms with E-state index in [0.717, 1.165) is 18.2 Å². The molecular formula is C14H22N4. The summed E-state index contributed by atoms with van der Waals surface area (Å²) in [6.07, 6.45) is 6.99. The van der Waals surface area contributed by atoms with Gasteiger partial charge in [0.1, 0.15) is 0 Å². The van der Waals surface area contributed by atoms with E-state index in [2.05, 4.69) is 33.6 Å². The molecule has 1 heterocycles. The predicted octanol–water partition coefficient (Wildman–Crippen LogP) is 2.00. The molecule has 4 heteroatoms. The van der Waals surface area contributed by atoms with Gasteiger partial charge in [0.15, 0.2) is 5.96 Å². The summed E-state index contributed by atoms with van der Waals surface area (Å²) in [6.45, 7) is 2.80. The van der Waals surface area contributed by atoms with Crippen LogP contribution in [0.3, 0.4) is 0 Å². The van der Waals surface area contributed by atoms with Crippen molar-refractivity contribution in [3.63, 3.8) is 0 Å². The number of hydrogen-bond donors (Lipinski definition) is 2. The third-order valence-corrected chi connectivity index (χ3v) is 3.46. The molecule has 98 valence electrons. The van der Waals surface area contributed by atoms with Gasteiger partial charge >= 0.3 is 0 Å². The average Bonchev–Trinajstić information content (AvgIpc) is 2.89. The minimum atomic E-state index is 0.584. The van der Waals surface area contributed by atoms with E-state index in [4.69, 9.17) is 0 Å². The van der Waals surface area contributed by atoms with Crippen LogP contribution < -0.4 is 10.6 Å². The van der Waals surface area contributed by atoms with E-state index < -0.39 is 0 Å². The maximum Gasteiger partial charge on any atom is 0.191 e. The second-order valence-electron chi connectivity index (χ2n) is 4.82. The molecule has 1 aliphatic carbocycles. The van der Waals surface area contributed by atoms with Crippen molar-refractivity contribution < 1.29 is 0 Å². The molecule has 0 aliphatic heterocycles. The highest BCUT2D eigenvalue weighted by Gasteiger charge is 2.15. The van der Waals surface area contributed by atoms with E-state index in [-0.39, 0.29) is 0 Å². The average molecular weight is 246 g/mol. The molecule has 1 aliphatic rings. The molecule has 1 aromatic heterocycles. The van der Waals surface area contributed by atoms with Crippen LogP contribution in [0.4, 0.5) is 0 Å². The summed E-state index contributed by atoms with van der Waals surface area (Å²) in [5.74, 6) is 0.881. The van der Waals surface area contributed by atoms with Crippen molar-refractivity contribution in [2.24, 2.45) is 4.99 Å². The fourth-order valence-corrected chi connectivity index (χ4v) is 2.33. The molecule has 1 aromatic rings. The van der Waals surface area contributed by atoms with Crippen molar-refractivity contribution in [3.8, 4) is 0 Å². The van der Waals surface area contributed by atoms with Gasteiger partial charge in [0, 0.05) is 19.3 Å². The highest BCUT2D eigenvalue weighted by molar-refractivity contribution is 5.79. The van der Waals surface area contributed by atoms with Crippen molar-refractivity contribution >= 4 is 5.96 Å². The first-order valence-electron chi connectivity index (χ1n) is 6.67. The summed E-state index contributed by atoms with van der Waals surface area (Å²) < 4.78 is 0. The Bertz CT molecular complexity index is 408. The SMILES string of the molecule is CN=C(NCc1ncccc1C)NC1CCCC1. The third kappa shape index (κ3) is 3.45. The summed E-state index contributed by atoms with van der Waals surface area (Å²) in [4.78, 5) is 8.63. The van der Waals surface area contributed by atoms with Crippen LogP contribution in [-0.2, 0) is 6.54 Å². The molecule has 0 spiro atoms. The Morgan fingerprint density at radius 1 is 1.44 bits per heavy atom. The molecule has 0 amide bonds. The second kappa shape index (κ2) is 6.38. The van der Waals surface area contributed by atoms with Gasteiger partial charge in [0.25, 0.3) is 0 Å². The van der Waals surface area contributed by atoms with Crippen LogP contribution in [0.5, 0.6) is 0 Å². The van der Waals surface area contributed by atoms with Gasteiger partial charge in [-0.05, 0) is 31.4 Å². The quantitative estimate of drug-likeness (QED) is 0.633. The second-order valence-corrected chi connectivity index (χ2v) is 4.82. The lowest BCUT2D eigenvalue weighted by molar-refractivity contribution is 0.612. The highest BCUT2D eigenvalue weighted by Crippen LogP contribution is 2.17. The van der Waals surface area contributed by atoms with Crippen molar-refractivity contribution in [1.82, 2.24) is 15.6 Å². The maximum absolute atomic E-state index is 4.37. The van der Waals surface area contributed by atoms with Gasteiger partial charge in [-0.15, -0.1) is 0 Å². The zero-order valence-electron chi connectivity index (χ0n) is 11.2. The summed E-state index contributed by atoms with van der Waals surface area (Å²) >= 11 is 0. The molecule has 0 unspecified atom stereocenters. The molecule has 1 saturated carbocycles. The fraction of sp³-hybridized carbons (Fsp3) is 0.571. The smallest absolute Gasteiger partial charge is 0.191 e. The number of aliphatic imine (C=N–C) groups is 1. The van der Waals surface area contributed by atoms with E-state index in [9.17, 15) is 0 Å². The molecule has 2 N–H and O–H groups in total. The van der Waals surface area contributed by atoms with Gasteiger partial charge in [-0.25, -0.2) is 0 Å². The maximum atomic E-state index is 4.37. The first kappa shape index (κ1) is 12.9. The lowest BCUT2D eigenvalue weighted by Gasteiger charge is -2.17. The van der Waals surface area contributed by atoms with E-state index in [1.54, 1.807) is 0 Å². The number of aryl methyl sites for hydroxylation is 1. The van der Waals surface area contributed by atoms with Crippen LogP contribution in [0.25, 0.3) is 0 Å². The number of aromatic nitrogens is 1. The minimum Gasteiger partial charge on any atom is -0.354 e. The first-order valence-corrected chi connectivity index (χ1v) is 6.67. The van der Waals surface area contributed by atoms with Gasteiger partial charge in [-0.3, -0.25) is 9.98 Å². The molecule has 0 radical (unpaired) electrons. The van der Waals surface area contributed by atoms with Gasteiger partial charge < -0.3 is 10.6 Å². The van der Waals surface area contributed by atoms with E-state index in [0.29, 0.717) is 6.04 Å². The van der Waals surface area contributed by atoms with Crippen molar-refractivity contribution in [2.45, 2.75) is 45.2 Å². The third-order valence-electron chi connectivity index (χ3n) is 3.46. The molecule has 4 nitrogen and oxygen atoms in total. The highest BCUT2D eigenvalue weighted by atomic mass is 15.2. The Hall–Kier alpha value is -1.58. The molecule has 2 rings (SSSR count). The van der Waals surface area contributed by atoms with E-state index >= 15 is 0 Å². The van der Waals surface area contributed by atoms with Gasteiger partial charge in [-0.1, -0.05) is 18.9 Å². The van der Waals surface area contributed by atoms with Crippen LogP contribution in [-0.4, -0.2) is 24.0 Å². The Morgan fingerprint density at radius 3 is 2.89 bits per heavy atom. The van der Waals surface area contributed by atoms with E-state index in [1.165, 1.54) is 31.2 Å². The fourth-order valence-electron chi connectivity index (χ4n) is 2.33. The minimum absolute atomic E-state index is 0.584. The lowest BCUT2D eigenvalue weighted by atomic mass is 10.2. The Kier molecular flexibility index (Phi) is 4.56. The van der Waals surface area contributed by atoms with E-state index in [1.807, 2.05) is 19.3 Å². The Morgan fingerprint density at radius 2 is 2.22 bits per heavy atom. The molecule has 0 saturated heterocycles. The molecule has 18 heavy (non-hydrogen) atoms. The monoisotopic (exact) mass is 246 g/mol. The van der Waals surface area contributed by atoms with Crippen LogP contribution in [0.15, 0.2) is 23.3 Å². The summed E-state index contributed by atoms with van der Waals surface area (Å²) in [6, 6.07) is 4.63. The van der Waals surface area contributed by atoms with Gasteiger partial charge in [0.05, 0.1) is 12.2 Å². The van der Waals surface area contributed by atoms with Crippen molar-refractivity contribution in [1.29, 1.82) is 0 Å². The number of pyridine rings is 1. The molecule has 1 fully saturated rings. The number of nitrogens with zero attached hydrogens (tertiary/aromatic N) is 2. The standard InChI is InChI=1S/C14H22N4/c1-11-6-5-9-16-13(11)10-17-14(15-2)18-12-7-3-4-8-12/h5-6,9,12H,3-4,7-8,10H2,1-2H3,(H2,15,17,18). The molecular weight excluding hydrogens is 224 g/mol. The Balaban J connectivity index is 1.85. The molecule has 0 bridgehead atoms.